The standard InChI is InChI=1S/2C7H6ClNO2.ClH.Pt/c2*8-6-3-4(9)1-2-5(6)7(10)11;;/h2*1-3H,9H2,(H,10,11);1H;/q;;;+2/p-2. The molecule has 6 nitrogen and oxygen atoms in total. The van der Waals surface area contributed by atoms with Gasteiger partial charge in [0.15, 0.2) is 0 Å². The number of anilines is 2. The first-order valence-electron chi connectivity index (χ1n) is 5.75. The van der Waals surface area contributed by atoms with Crippen LogP contribution in [0.1, 0.15) is 20.7 Å². The molecule has 0 amide bonds. The summed E-state index contributed by atoms with van der Waals surface area (Å²) in [5.74, 6) is -2.59. The average molecular weight is 573 g/mol. The Labute approximate surface area is 168 Å². The van der Waals surface area contributed by atoms with Gasteiger partial charge in [0.2, 0.25) is 0 Å². The summed E-state index contributed by atoms with van der Waals surface area (Å²) in [4.78, 5) is 20.6. The number of carboxylic acids is 2. The number of hydrogen-bond acceptors (Lipinski definition) is 6. The number of rotatable bonds is 2. The quantitative estimate of drug-likeness (QED) is 0.516. The van der Waals surface area contributed by atoms with E-state index in [1.807, 2.05) is 0 Å². The third-order valence-corrected chi connectivity index (χ3v) is 3.05. The van der Waals surface area contributed by atoms with Gasteiger partial charge in [0, 0.05) is 22.5 Å². The second kappa shape index (κ2) is 11.2. The number of carboxylic acid groups (broad SMARTS) is 2. The first-order valence-corrected chi connectivity index (χ1v) is 6.50. The smallest absolute Gasteiger partial charge is 0.545 e. The van der Waals surface area contributed by atoms with Crippen LogP contribution in [0.2, 0.25) is 10.0 Å². The first kappa shape index (κ1) is 24.8. The zero-order chi connectivity index (χ0) is 16.9. The molecule has 0 fully saturated rings. The van der Waals surface area contributed by atoms with E-state index in [2.05, 4.69) is 0 Å². The SMILES string of the molecule is Cl.Nc1ccc(C(=O)[O-])c(Cl)c1.Nc1ccc(C(=O)[O-])c(Cl)c1.[Pt+2]. The Balaban J connectivity index is 0. The predicted molar refractivity (Wildman–Crippen MR) is 87.6 cm³/mol. The Kier molecular flexibility index (Phi) is 11.5. The summed E-state index contributed by atoms with van der Waals surface area (Å²) in [6.45, 7) is 0. The average Bonchev–Trinajstić information content (AvgIpc) is 2.38. The summed E-state index contributed by atoms with van der Waals surface area (Å²) >= 11 is 11.0. The van der Waals surface area contributed by atoms with Gasteiger partial charge in [-0.25, -0.2) is 0 Å². The molecule has 0 spiro atoms. The molecule has 0 bridgehead atoms. The third-order valence-electron chi connectivity index (χ3n) is 2.43. The minimum Gasteiger partial charge on any atom is -0.545 e. The van der Waals surface area contributed by atoms with E-state index >= 15 is 0 Å². The third kappa shape index (κ3) is 7.41. The molecule has 10 heteroatoms. The van der Waals surface area contributed by atoms with Gasteiger partial charge in [-0.1, -0.05) is 23.2 Å². The molecule has 0 radical (unpaired) electrons. The maximum absolute atomic E-state index is 10.3. The summed E-state index contributed by atoms with van der Waals surface area (Å²) in [6, 6.07) is 8.27. The summed E-state index contributed by atoms with van der Waals surface area (Å²) in [5, 5.41) is 20.8. The van der Waals surface area contributed by atoms with Gasteiger partial charge in [0.1, 0.15) is 0 Å². The Hall–Kier alpha value is -1.46. The summed E-state index contributed by atoms with van der Waals surface area (Å²) in [5.41, 5.74) is 11.4. The predicted octanol–water partition coefficient (Wildman–Crippen LogP) is 0.991. The number of benzene rings is 2. The Morgan fingerprint density at radius 2 is 1.08 bits per heavy atom. The second-order valence-corrected chi connectivity index (χ2v) is 4.87. The molecule has 0 saturated heterocycles. The maximum atomic E-state index is 10.3. The molecule has 0 saturated carbocycles. The van der Waals surface area contributed by atoms with Crippen molar-refractivity contribution >= 4 is 58.9 Å². The number of hydrogen-bond donors (Lipinski definition) is 2. The molecule has 132 valence electrons. The molecule has 0 aromatic heterocycles. The largest absolute Gasteiger partial charge is 2.00 e. The number of carbonyl (C=O) groups excluding carboxylic acids is 2. The van der Waals surface area contributed by atoms with Crippen molar-refractivity contribution in [2.75, 3.05) is 11.5 Å². The van der Waals surface area contributed by atoms with Crippen LogP contribution in [0.4, 0.5) is 11.4 Å². The fraction of sp³-hybridized carbons (Fsp3) is 0. The van der Waals surface area contributed by atoms with Crippen molar-refractivity contribution in [2.24, 2.45) is 0 Å². The van der Waals surface area contributed by atoms with Gasteiger partial charge in [-0.05, 0) is 36.4 Å². The van der Waals surface area contributed by atoms with E-state index in [-0.39, 0.29) is 54.6 Å². The molecule has 0 unspecified atom stereocenters. The number of nitrogens with two attached hydrogens (primary N) is 2. The van der Waals surface area contributed by atoms with Crippen LogP contribution in [0.3, 0.4) is 0 Å². The van der Waals surface area contributed by atoms with Crippen molar-refractivity contribution in [3.63, 3.8) is 0 Å². The van der Waals surface area contributed by atoms with Crippen molar-refractivity contribution < 1.29 is 40.9 Å². The van der Waals surface area contributed by atoms with Crippen LogP contribution in [0.5, 0.6) is 0 Å². The van der Waals surface area contributed by atoms with E-state index < -0.39 is 11.9 Å². The maximum Gasteiger partial charge on any atom is 2.00 e. The van der Waals surface area contributed by atoms with Gasteiger partial charge in [0.05, 0.1) is 22.0 Å². The Morgan fingerprint density at radius 1 is 0.792 bits per heavy atom. The molecule has 2 rings (SSSR count). The summed E-state index contributed by atoms with van der Waals surface area (Å²) in [7, 11) is 0. The Bertz CT molecular complexity index is 668. The summed E-state index contributed by atoms with van der Waals surface area (Å²) < 4.78 is 0. The molecule has 4 N–H and O–H groups in total. The monoisotopic (exact) mass is 571 g/mol. The molecule has 0 aliphatic rings. The minimum absolute atomic E-state index is 0. The van der Waals surface area contributed by atoms with Crippen LogP contribution in [0, 0.1) is 0 Å². The molecule has 24 heavy (non-hydrogen) atoms. The number of nitrogen functional groups attached to an aromatic ring is 2. The molecular weight excluding hydrogens is 562 g/mol. The van der Waals surface area contributed by atoms with Crippen molar-refractivity contribution in [1.82, 2.24) is 0 Å². The zero-order valence-electron chi connectivity index (χ0n) is 11.7. The number of carbonyl (C=O) groups is 2. The zero-order valence-corrected chi connectivity index (χ0v) is 16.3. The van der Waals surface area contributed by atoms with Crippen LogP contribution in [0.15, 0.2) is 36.4 Å². The molecule has 2 aromatic rings. The number of aromatic carboxylic acids is 2. The second-order valence-electron chi connectivity index (χ2n) is 4.05. The molecule has 2 aromatic carbocycles. The minimum atomic E-state index is -1.30. The van der Waals surface area contributed by atoms with E-state index in [4.69, 9.17) is 34.7 Å². The Morgan fingerprint density at radius 3 is 1.29 bits per heavy atom. The van der Waals surface area contributed by atoms with Gasteiger partial charge in [0.25, 0.3) is 0 Å². The fourth-order valence-electron chi connectivity index (χ4n) is 1.39. The van der Waals surface area contributed by atoms with Crippen molar-refractivity contribution in [2.45, 2.75) is 0 Å². The van der Waals surface area contributed by atoms with Crippen molar-refractivity contribution in [3.8, 4) is 0 Å². The van der Waals surface area contributed by atoms with Crippen LogP contribution in [0.25, 0.3) is 0 Å². The van der Waals surface area contributed by atoms with E-state index in [9.17, 15) is 19.8 Å². The van der Waals surface area contributed by atoms with Crippen LogP contribution in [-0.2, 0) is 21.1 Å². The van der Waals surface area contributed by atoms with Gasteiger partial charge in [-0.3, -0.25) is 0 Å². The van der Waals surface area contributed by atoms with Crippen LogP contribution >= 0.6 is 35.6 Å². The molecule has 0 aliphatic heterocycles. The molecule has 0 atom stereocenters. The molecule has 0 heterocycles. The normalized spacial score (nSPS) is 8.75. The van der Waals surface area contributed by atoms with Crippen LogP contribution in [-0.4, -0.2) is 11.9 Å². The van der Waals surface area contributed by atoms with Crippen LogP contribution < -0.4 is 21.7 Å². The van der Waals surface area contributed by atoms with E-state index in [0.717, 1.165) is 0 Å². The topological polar surface area (TPSA) is 132 Å². The number of halogens is 3. The van der Waals surface area contributed by atoms with E-state index in [1.165, 1.54) is 36.4 Å². The fourth-order valence-corrected chi connectivity index (χ4v) is 1.93. The van der Waals surface area contributed by atoms with Gasteiger partial charge in [-0.15, -0.1) is 12.4 Å². The van der Waals surface area contributed by atoms with Gasteiger partial charge >= 0.3 is 21.1 Å². The van der Waals surface area contributed by atoms with E-state index in [0.29, 0.717) is 11.4 Å². The van der Waals surface area contributed by atoms with Crippen molar-refractivity contribution in [1.29, 1.82) is 0 Å². The van der Waals surface area contributed by atoms with Gasteiger partial charge < -0.3 is 31.3 Å². The van der Waals surface area contributed by atoms with Gasteiger partial charge in [-0.2, -0.15) is 0 Å². The van der Waals surface area contributed by atoms with Crippen molar-refractivity contribution in [3.05, 3.63) is 57.6 Å². The molecule has 0 aliphatic carbocycles. The molecular formula is C14H11Cl3N2O4Pt. The first-order chi connectivity index (χ1) is 10.2. The summed E-state index contributed by atoms with van der Waals surface area (Å²) in [6.07, 6.45) is 0. The van der Waals surface area contributed by atoms with E-state index in [1.54, 1.807) is 0 Å².